The highest BCUT2D eigenvalue weighted by Crippen LogP contribution is 2.35. The predicted octanol–water partition coefficient (Wildman–Crippen LogP) is 4.12. The van der Waals surface area contributed by atoms with Crippen LogP contribution in [0.2, 0.25) is 0 Å². The van der Waals surface area contributed by atoms with Gasteiger partial charge in [-0.1, -0.05) is 12.1 Å². The first-order chi connectivity index (χ1) is 10.3. The van der Waals surface area contributed by atoms with Gasteiger partial charge in [0.25, 0.3) is 0 Å². The first kappa shape index (κ1) is 12.2. The summed E-state index contributed by atoms with van der Waals surface area (Å²) in [7, 11) is 0. The van der Waals surface area contributed by atoms with Crippen molar-refractivity contribution in [1.29, 1.82) is 0 Å². The van der Waals surface area contributed by atoms with Crippen LogP contribution >= 0.6 is 11.3 Å². The average molecular weight is 296 g/mol. The Morgan fingerprint density at radius 2 is 1.90 bits per heavy atom. The zero-order valence-corrected chi connectivity index (χ0v) is 11.6. The molecule has 0 amide bonds. The summed E-state index contributed by atoms with van der Waals surface area (Å²) in [6, 6.07) is 10.4. The van der Waals surface area contributed by atoms with E-state index >= 15 is 0 Å². The highest BCUT2D eigenvalue weighted by atomic mass is 32.1. The molecule has 0 aliphatic carbocycles. The van der Waals surface area contributed by atoms with Crippen LogP contribution in [-0.2, 0) is 0 Å². The summed E-state index contributed by atoms with van der Waals surface area (Å²) in [6.07, 6.45) is 3.22. The number of thiophene rings is 1. The fourth-order valence-electron chi connectivity index (χ4n) is 2.19. The van der Waals surface area contributed by atoms with Gasteiger partial charge in [0.05, 0.1) is 15.9 Å². The van der Waals surface area contributed by atoms with Gasteiger partial charge in [0.15, 0.2) is 5.82 Å². The molecule has 102 valence electrons. The average Bonchev–Trinajstić information content (AvgIpc) is 2.89. The number of para-hydroxylation sites is 1. The smallest absolute Gasteiger partial charge is 0.152 e. The molecular formula is C15H9FN4S. The van der Waals surface area contributed by atoms with E-state index in [9.17, 15) is 4.39 Å². The van der Waals surface area contributed by atoms with Crippen molar-refractivity contribution in [2.75, 3.05) is 5.32 Å². The number of aromatic nitrogens is 3. The van der Waals surface area contributed by atoms with Crippen LogP contribution in [0.5, 0.6) is 0 Å². The van der Waals surface area contributed by atoms with Gasteiger partial charge in [-0.25, -0.2) is 19.3 Å². The molecule has 3 aromatic heterocycles. The molecule has 4 rings (SSSR count). The van der Waals surface area contributed by atoms with Gasteiger partial charge >= 0.3 is 0 Å². The zero-order valence-electron chi connectivity index (χ0n) is 10.7. The minimum Gasteiger partial charge on any atom is -0.337 e. The number of halogens is 1. The van der Waals surface area contributed by atoms with E-state index in [0.29, 0.717) is 11.5 Å². The second-order valence-corrected chi connectivity index (χ2v) is 5.46. The number of rotatable bonds is 2. The molecule has 0 saturated carbocycles. The van der Waals surface area contributed by atoms with Crippen molar-refractivity contribution in [1.82, 2.24) is 15.0 Å². The highest BCUT2D eigenvalue weighted by Gasteiger charge is 2.12. The molecule has 3 heterocycles. The molecule has 0 radical (unpaired) electrons. The maximum Gasteiger partial charge on any atom is 0.152 e. The molecule has 0 spiro atoms. The molecular weight excluding hydrogens is 287 g/mol. The van der Waals surface area contributed by atoms with Crippen molar-refractivity contribution in [3.05, 3.63) is 54.7 Å². The molecule has 0 unspecified atom stereocenters. The highest BCUT2D eigenvalue weighted by molar-refractivity contribution is 7.25. The van der Waals surface area contributed by atoms with Crippen molar-refractivity contribution in [2.45, 2.75) is 0 Å². The Morgan fingerprint density at radius 3 is 2.81 bits per heavy atom. The third-order valence-corrected chi connectivity index (χ3v) is 4.27. The van der Waals surface area contributed by atoms with Crippen LogP contribution in [-0.4, -0.2) is 15.0 Å². The maximum absolute atomic E-state index is 13.8. The lowest BCUT2D eigenvalue weighted by Gasteiger charge is -2.06. The molecule has 0 bridgehead atoms. The number of anilines is 2. The van der Waals surface area contributed by atoms with E-state index in [1.165, 1.54) is 23.7 Å². The van der Waals surface area contributed by atoms with Crippen LogP contribution in [0.25, 0.3) is 20.4 Å². The number of pyridine rings is 1. The first-order valence-electron chi connectivity index (χ1n) is 6.33. The van der Waals surface area contributed by atoms with E-state index in [1.54, 1.807) is 24.4 Å². The fourth-order valence-corrected chi connectivity index (χ4v) is 3.23. The Kier molecular flexibility index (Phi) is 2.75. The van der Waals surface area contributed by atoms with Crippen molar-refractivity contribution in [3.63, 3.8) is 0 Å². The van der Waals surface area contributed by atoms with Crippen LogP contribution in [0.3, 0.4) is 0 Å². The number of nitrogens with zero attached hydrogens (tertiary/aromatic N) is 3. The summed E-state index contributed by atoms with van der Waals surface area (Å²) in [5, 5.41) is 4.02. The first-order valence-corrected chi connectivity index (χ1v) is 7.14. The number of benzene rings is 1. The normalized spacial score (nSPS) is 11.1. The molecule has 0 aliphatic heterocycles. The van der Waals surface area contributed by atoms with E-state index in [-0.39, 0.29) is 5.82 Å². The third kappa shape index (κ3) is 2.00. The van der Waals surface area contributed by atoms with Gasteiger partial charge in [-0.3, -0.25) is 0 Å². The van der Waals surface area contributed by atoms with Crippen LogP contribution in [0.15, 0.2) is 48.9 Å². The van der Waals surface area contributed by atoms with Gasteiger partial charge in [0.1, 0.15) is 17.0 Å². The number of hydrogen-bond donors (Lipinski definition) is 1. The molecule has 6 heteroatoms. The molecule has 0 atom stereocenters. The van der Waals surface area contributed by atoms with Gasteiger partial charge in [0.2, 0.25) is 0 Å². The van der Waals surface area contributed by atoms with Crippen LogP contribution in [0, 0.1) is 5.82 Å². The Labute approximate surface area is 123 Å². The predicted molar refractivity (Wildman–Crippen MR) is 82.4 cm³/mol. The largest absolute Gasteiger partial charge is 0.337 e. The van der Waals surface area contributed by atoms with Crippen LogP contribution in [0.4, 0.5) is 15.9 Å². The van der Waals surface area contributed by atoms with Crippen molar-refractivity contribution in [3.8, 4) is 0 Å². The molecule has 1 aromatic carbocycles. The molecule has 0 saturated heterocycles. The summed E-state index contributed by atoms with van der Waals surface area (Å²) < 4.78 is 14.6. The molecule has 4 aromatic rings. The lowest BCUT2D eigenvalue weighted by molar-refractivity contribution is 0.632. The van der Waals surface area contributed by atoms with E-state index in [2.05, 4.69) is 20.3 Å². The Bertz CT molecular complexity index is 951. The Morgan fingerprint density at radius 1 is 1.00 bits per heavy atom. The second-order valence-electron chi connectivity index (χ2n) is 4.46. The zero-order chi connectivity index (χ0) is 14.2. The molecule has 1 N–H and O–H groups in total. The van der Waals surface area contributed by atoms with Gasteiger partial charge in [0, 0.05) is 11.6 Å². The van der Waals surface area contributed by atoms with Crippen molar-refractivity contribution >= 4 is 43.3 Å². The lowest BCUT2D eigenvalue weighted by atomic mass is 10.3. The summed E-state index contributed by atoms with van der Waals surface area (Å²) in [5.41, 5.74) is 1.22. The van der Waals surface area contributed by atoms with E-state index < -0.39 is 0 Å². The van der Waals surface area contributed by atoms with E-state index in [0.717, 1.165) is 20.4 Å². The van der Waals surface area contributed by atoms with Gasteiger partial charge < -0.3 is 5.32 Å². The lowest BCUT2D eigenvalue weighted by Crippen LogP contribution is -1.96. The second kappa shape index (κ2) is 4.75. The van der Waals surface area contributed by atoms with Crippen molar-refractivity contribution in [2.24, 2.45) is 0 Å². The molecule has 21 heavy (non-hydrogen) atoms. The maximum atomic E-state index is 13.8. The SMILES string of the molecule is Fc1ccccc1Nc1ncnc2c1sc1ncccc12. The molecule has 0 fully saturated rings. The topological polar surface area (TPSA) is 50.7 Å². The summed E-state index contributed by atoms with van der Waals surface area (Å²) >= 11 is 1.49. The molecule has 4 nitrogen and oxygen atoms in total. The standard InChI is InChI=1S/C15H9FN4S/c16-10-5-1-2-6-11(10)20-14-13-12(18-8-19-14)9-4-3-7-17-15(9)21-13/h1-8H,(H,18,19,20). The summed E-state index contributed by atoms with van der Waals surface area (Å²) in [4.78, 5) is 13.8. The van der Waals surface area contributed by atoms with Gasteiger partial charge in [-0.05, 0) is 24.3 Å². The number of nitrogens with one attached hydrogen (secondary N) is 1. The number of fused-ring (bicyclic) bond motifs is 3. The van der Waals surface area contributed by atoms with Gasteiger partial charge in [-0.2, -0.15) is 0 Å². The summed E-state index contributed by atoms with van der Waals surface area (Å²) in [6.45, 7) is 0. The van der Waals surface area contributed by atoms with Gasteiger partial charge in [-0.15, -0.1) is 11.3 Å². The van der Waals surface area contributed by atoms with Crippen LogP contribution in [0.1, 0.15) is 0 Å². The Balaban J connectivity index is 1.91. The Hall–Kier alpha value is -2.60. The van der Waals surface area contributed by atoms with Crippen molar-refractivity contribution < 1.29 is 4.39 Å². The minimum absolute atomic E-state index is 0.316. The van der Waals surface area contributed by atoms with Crippen LogP contribution < -0.4 is 5.32 Å². The monoisotopic (exact) mass is 296 g/mol. The summed E-state index contributed by atoms with van der Waals surface area (Å²) in [5.74, 6) is 0.275. The molecule has 0 aliphatic rings. The quantitative estimate of drug-likeness (QED) is 0.604. The minimum atomic E-state index is -0.316. The number of hydrogen-bond acceptors (Lipinski definition) is 5. The van der Waals surface area contributed by atoms with E-state index in [1.807, 2.05) is 12.1 Å². The third-order valence-electron chi connectivity index (χ3n) is 3.16. The fraction of sp³-hybridized carbons (Fsp3) is 0. The van der Waals surface area contributed by atoms with E-state index in [4.69, 9.17) is 0 Å².